The first-order valence-electron chi connectivity index (χ1n) is 24.6. The molecular weight excluding hydrogens is 1180 g/mol. The van der Waals surface area contributed by atoms with Crippen LogP contribution in [-0.4, -0.2) is 154 Å². The van der Waals surface area contributed by atoms with Crippen molar-refractivity contribution in [2.45, 2.75) is 33.5 Å². The maximum absolute atomic E-state index is 13.9. The highest BCUT2D eigenvalue weighted by Crippen LogP contribution is 2.39. The second kappa shape index (κ2) is 26.6. The molecule has 8 rings (SSSR count). The predicted molar refractivity (Wildman–Crippen MR) is 302 cm³/mol. The quantitative estimate of drug-likeness (QED) is 0.0632. The van der Waals surface area contributed by atoms with Gasteiger partial charge in [-0.3, -0.25) is 9.13 Å². The lowest BCUT2D eigenvalue weighted by atomic mass is 10.1. The van der Waals surface area contributed by atoms with Crippen LogP contribution in [0, 0.1) is 11.6 Å². The fraction of sp³-hybridized carbons (Fsp3) is 0.296. The summed E-state index contributed by atoms with van der Waals surface area (Å²) in [5, 5.41) is 16.9. The summed E-state index contributed by atoms with van der Waals surface area (Å²) in [5.41, 5.74) is 1.35. The number of nitrogens with zero attached hydrogens (tertiary/aromatic N) is 8. The Labute approximate surface area is 484 Å². The van der Waals surface area contributed by atoms with Gasteiger partial charge in [0.25, 0.3) is 0 Å². The molecule has 30 heteroatoms. The highest BCUT2D eigenvalue weighted by molar-refractivity contribution is 7.91. The molecule has 0 aliphatic heterocycles. The number of ether oxygens (including phenoxy) is 8. The molecule has 0 unspecified atom stereocenters. The molecule has 0 fully saturated rings. The second-order valence-electron chi connectivity index (χ2n) is 18.2. The first-order chi connectivity index (χ1) is 39.8. The Morgan fingerprint density at radius 2 is 0.774 bits per heavy atom. The number of aromatic nitrogens is 8. The van der Waals surface area contributed by atoms with Crippen molar-refractivity contribution in [1.29, 1.82) is 0 Å². The number of hydrogen-bond acceptors (Lipinski definition) is 22. The minimum atomic E-state index is -4.08. The molecule has 4 aromatic heterocycles. The average Bonchev–Trinajstić information content (AvgIpc) is 2.30. The lowest BCUT2D eigenvalue weighted by molar-refractivity contribution is 0.119. The Kier molecular flexibility index (Phi) is 20.1. The van der Waals surface area contributed by atoms with E-state index in [1.807, 2.05) is 0 Å². The molecular formula is C54H58F2N8O16S4. The van der Waals surface area contributed by atoms with Gasteiger partial charge in [-0.05, 0) is 60.7 Å². The van der Waals surface area contributed by atoms with E-state index >= 15 is 0 Å². The summed E-state index contributed by atoms with van der Waals surface area (Å²) >= 11 is 0. The van der Waals surface area contributed by atoms with Crippen molar-refractivity contribution in [2.75, 3.05) is 80.9 Å². The molecule has 4 heterocycles. The van der Waals surface area contributed by atoms with E-state index in [4.69, 9.17) is 37.9 Å². The zero-order valence-corrected chi connectivity index (χ0v) is 50.1. The van der Waals surface area contributed by atoms with Gasteiger partial charge >= 0.3 is 0 Å². The molecule has 0 aliphatic rings. The normalized spacial score (nSPS) is 12.6. The molecule has 84 heavy (non-hydrogen) atoms. The minimum Gasteiger partial charge on any atom is -0.494 e. The van der Waals surface area contributed by atoms with Crippen LogP contribution in [0.5, 0.6) is 34.8 Å². The van der Waals surface area contributed by atoms with Gasteiger partial charge < -0.3 is 37.9 Å². The molecule has 4 aromatic carbocycles. The van der Waals surface area contributed by atoms with E-state index in [9.17, 15) is 42.5 Å². The summed E-state index contributed by atoms with van der Waals surface area (Å²) in [6, 6.07) is 26.2. The van der Waals surface area contributed by atoms with Gasteiger partial charge in [-0.1, -0.05) is 36.4 Å². The van der Waals surface area contributed by atoms with E-state index in [0.717, 1.165) is 36.8 Å². The summed E-state index contributed by atoms with van der Waals surface area (Å²) in [6.45, 7) is 0. The van der Waals surface area contributed by atoms with Crippen LogP contribution in [0.1, 0.15) is 35.0 Å². The van der Waals surface area contributed by atoms with E-state index in [1.165, 1.54) is 78.1 Å². The molecule has 2 atom stereocenters. The number of para-hydroxylation sites is 2. The summed E-state index contributed by atoms with van der Waals surface area (Å²) in [7, 11) is -4.76. The third kappa shape index (κ3) is 14.6. The van der Waals surface area contributed by atoms with Crippen LogP contribution in [0.15, 0.2) is 119 Å². The van der Waals surface area contributed by atoms with Crippen molar-refractivity contribution >= 4 is 39.3 Å². The average molecular weight is 1240 g/mol. The number of halogens is 2. The number of hydrogen-bond donors (Lipinski definition) is 0. The number of methoxy groups -OCH3 is 8. The Bertz CT molecular complexity index is 3840. The van der Waals surface area contributed by atoms with Crippen LogP contribution in [0.3, 0.4) is 0 Å². The lowest BCUT2D eigenvalue weighted by Gasteiger charge is -2.20. The van der Waals surface area contributed by atoms with Crippen LogP contribution in [0.4, 0.5) is 8.78 Å². The number of rotatable bonds is 24. The molecule has 448 valence electrons. The molecule has 0 spiro atoms. The standard InChI is InChI=1S/2C27H29FN4O8S2/c2*1-37-20-9-7-10-21(38-2)26(20)32-24(30-31-27(32)19-8-6-11-25(29-19)40-4)16-42(35,36)15-22(39-3)18-13-12-17(28)14-23(18)41(5,33)34/h2*6-14,22H,15-16H2,1-5H3/t2*22-/m10/s1. The van der Waals surface area contributed by atoms with Crippen LogP contribution < -0.4 is 28.4 Å². The van der Waals surface area contributed by atoms with E-state index in [0.29, 0.717) is 57.5 Å². The van der Waals surface area contributed by atoms with Gasteiger partial charge in [0.05, 0.1) is 76.2 Å². The van der Waals surface area contributed by atoms with Gasteiger partial charge in [0.1, 0.15) is 68.9 Å². The van der Waals surface area contributed by atoms with Crippen LogP contribution >= 0.6 is 0 Å². The zero-order chi connectivity index (χ0) is 61.3. The third-order valence-electron chi connectivity index (χ3n) is 12.6. The van der Waals surface area contributed by atoms with Crippen molar-refractivity contribution in [3.05, 3.63) is 144 Å². The summed E-state index contributed by atoms with van der Waals surface area (Å²) < 4.78 is 178. The Morgan fingerprint density at radius 3 is 1.07 bits per heavy atom. The third-order valence-corrected chi connectivity index (χ3v) is 17.9. The molecule has 0 N–H and O–H groups in total. The van der Waals surface area contributed by atoms with Crippen molar-refractivity contribution in [1.82, 2.24) is 39.5 Å². The Balaban J connectivity index is 0.000000241. The molecule has 8 aromatic rings. The topological polar surface area (TPSA) is 298 Å². The summed E-state index contributed by atoms with van der Waals surface area (Å²) in [5.74, 6) is -1.79. The first kappa shape index (κ1) is 63.4. The summed E-state index contributed by atoms with van der Waals surface area (Å²) in [6.07, 6.45) is -0.637. The Hall–Kier alpha value is -8.16. The van der Waals surface area contributed by atoms with E-state index < -0.39 is 86.2 Å². The van der Waals surface area contributed by atoms with Gasteiger partial charge in [0, 0.05) is 50.0 Å². The first-order valence-corrected chi connectivity index (χ1v) is 32.1. The van der Waals surface area contributed by atoms with Crippen molar-refractivity contribution < 1.29 is 80.3 Å². The minimum absolute atomic E-state index is 0.00489. The maximum Gasteiger partial charge on any atom is 0.213 e. The van der Waals surface area contributed by atoms with E-state index in [1.54, 1.807) is 72.8 Å². The fourth-order valence-electron chi connectivity index (χ4n) is 8.76. The van der Waals surface area contributed by atoms with Gasteiger partial charge in [-0.25, -0.2) is 52.4 Å². The monoisotopic (exact) mass is 1240 g/mol. The molecule has 0 saturated heterocycles. The number of benzene rings is 4. The van der Waals surface area contributed by atoms with Crippen molar-refractivity contribution in [2.24, 2.45) is 0 Å². The molecule has 0 saturated carbocycles. The van der Waals surface area contributed by atoms with Gasteiger partial charge in [0.15, 0.2) is 62.6 Å². The van der Waals surface area contributed by atoms with Crippen molar-refractivity contribution in [3.8, 4) is 69.2 Å². The smallest absolute Gasteiger partial charge is 0.213 e. The van der Waals surface area contributed by atoms with Crippen LogP contribution in [-0.2, 0) is 60.3 Å². The largest absolute Gasteiger partial charge is 0.494 e. The molecule has 0 amide bonds. The Morgan fingerprint density at radius 1 is 0.440 bits per heavy atom. The lowest BCUT2D eigenvalue weighted by Crippen LogP contribution is -2.21. The number of pyridine rings is 2. The molecule has 24 nitrogen and oxygen atoms in total. The SMILES string of the molecule is COc1cccc(-c2nnc(CS(=O)(=O)C[C@@H](OC)c3ccc(F)cc3S(C)(=O)=O)n2-c2c(OC)cccc2OC)n1.COc1cccc(-c2nnc(CS(=O)(=O)C[C@H](OC)c3ccc(F)cc3S(C)(=O)=O)n2-c2c(OC)cccc2OC)n1. The van der Waals surface area contributed by atoms with Gasteiger partial charge in [0.2, 0.25) is 11.8 Å². The molecule has 0 bridgehead atoms. The maximum atomic E-state index is 13.9. The van der Waals surface area contributed by atoms with Crippen LogP contribution in [0.2, 0.25) is 0 Å². The summed E-state index contributed by atoms with van der Waals surface area (Å²) in [4.78, 5) is 8.12. The highest BCUT2D eigenvalue weighted by Gasteiger charge is 2.33. The highest BCUT2D eigenvalue weighted by atomic mass is 32.2. The van der Waals surface area contributed by atoms with Gasteiger partial charge in [-0.2, -0.15) is 0 Å². The van der Waals surface area contributed by atoms with Crippen molar-refractivity contribution in [3.63, 3.8) is 0 Å². The molecule has 0 radical (unpaired) electrons. The zero-order valence-electron chi connectivity index (χ0n) is 46.9. The van der Waals surface area contributed by atoms with Crippen LogP contribution in [0.25, 0.3) is 34.4 Å². The molecule has 0 aliphatic carbocycles. The van der Waals surface area contributed by atoms with E-state index in [2.05, 4.69) is 30.4 Å². The predicted octanol–water partition coefficient (Wildman–Crippen LogP) is 6.40. The fourth-order valence-corrected chi connectivity index (χ4v) is 13.6. The van der Waals surface area contributed by atoms with E-state index in [-0.39, 0.29) is 44.2 Å². The number of sulfone groups is 4. The second-order valence-corrected chi connectivity index (χ2v) is 26.4. The van der Waals surface area contributed by atoms with Gasteiger partial charge in [-0.15, -0.1) is 20.4 Å².